The number of amides is 2. The second-order valence-electron chi connectivity index (χ2n) is 7.46. The van der Waals surface area contributed by atoms with E-state index in [1.165, 1.54) is 5.56 Å². The summed E-state index contributed by atoms with van der Waals surface area (Å²) in [6.07, 6.45) is 1.69. The van der Waals surface area contributed by atoms with Gasteiger partial charge in [-0.15, -0.1) is 0 Å². The number of ether oxygens (including phenoxy) is 1. The minimum Gasteiger partial charge on any atom is -0.379 e. The van der Waals surface area contributed by atoms with Crippen molar-refractivity contribution in [2.45, 2.75) is 65.9 Å². The highest BCUT2D eigenvalue weighted by atomic mass is 16.5. The lowest BCUT2D eigenvalue weighted by Crippen LogP contribution is -2.28. The molecule has 0 spiro atoms. The van der Waals surface area contributed by atoms with Crippen molar-refractivity contribution in [1.29, 1.82) is 0 Å². The van der Waals surface area contributed by atoms with E-state index in [0.29, 0.717) is 31.9 Å². The highest BCUT2D eigenvalue weighted by molar-refractivity contribution is 5.91. The summed E-state index contributed by atoms with van der Waals surface area (Å²) in [5, 5.41) is 5.77. The summed E-state index contributed by atoms with van der Waals surface area (Å²) < 4.78 is 5.43. The first kappa shape index (κ1) is 22.2. The van der Waals surface area contributed by atoms with Crippen molar-refractivity contribution in [2.24, 2.45) is 5.92 Å². The van der Waals surface area contributed by atoms with Crippen LogP contribution in [0.4, 0.5) is 5.69 Å². The van der Waals surface area contributed by atoms with Crippen molar-refractivity contribution in [1.82, 2.24) is 5.32 Å². The molecule has 1 rings (SSSR count). The predicted molar refractivity (Wildman–Crippen MR) is 106 cm³/mol. The number of nitrogens with one attached hydrogen (secondary N) is 2. The van der Waals surface area contributed by atoms with Gasteiger partial charge >= 0.3 is 0 Å². The van der Waals surface area contributed by atoms with Crippen LogP contribution in [0.5, 0.6) is 0 Å². The van der Waals surface area contributed by atoms with Crippen LogP contribution in [-0.2, 0) is 14.3 Å². The molecule has 0 saturated heterocycles. The van der Waals surface area contributed by atoms with Crippen LogP contribution in [0.2, 0.25) is 0 Å². The van der Waals surface area contributed by atoms with E-state index >= 15 is 0 Å². The molecule has 1 aromatic carbocycles. The number of carbonyl (C=O) groups is 2. The Kier molecular flexibility index (Phi) is 9.96. The topological polar surface area (TPSA) is 67.4 Å². The third-order valence-electron chi connectivity index (χ3n) is 4.02. The van der Waals surface area contributed by atoms with E-state index < -0.39 is 0 Å². The summed E-state index contributed by atoms with van der Waals surface area (Å²) in [6, 6.07) is 7.90. The first-order valence-electron chi connectivity index (χ1n) is 9.56. The van der Waals surface area contributed by atoms with Crippen molar-refractivity contribution in [2.75, 3.05) is 18.5 Å². The van der Waals surface area contributed by atoms with Gasteiger partial charge in [0.05, 0.1) is 6.10 Å². The number of benzene rings is 1. The van der Waals surface area contributed by atoms with E-state index in [0.717, 1.165) is 12.1 Å². The Morgan fingerprint density at radius 2 is 1.58 bits per heavy atom. The van der Waals surface area contributed by atoms with Gasteiger partial charge < -0.3 is 15.4 Å². The molecule has 5 heteroatoms. The normalized spacial score (nSPS) is 12.3. The molecule has 0 radical (unpaired) electrons. The van der Waals surface area contributed by atoms with Gasteiger partial charge in [-0.1, -0.05) is 32.9 Å². The molecule has 26 heavy (non-hydrogen) atoms. The number of hydrogen-bond donors (Lipinski definition) is 2. The molecular formula is C21H34N2O3. The molecule has 0 heterocycles. The maximum Gasteiger partial charge on any atom is 0.224 e. The SMILES string of the molecule is CC(C)OCCCNC(=O)C[C@H](C)CC(=O)Nc1ccc(C(C)C)cc1. The average Bonchev–Trinajstić information content (AvgIpc) is 2.54. The zero-order chi connectivity index (χ0) is 19.5. The molecule has 146 valence electrons. The van der Waals surface area contributed by atoms with Crippen molar-refractivity contribution in [3.8, 4) is 0 Å². The average molecular weight is 363 g/mol. The highest BCUT2D eigenvalue weighted by Crippen LogP contribution is 2.18. The van der Waals surface area contributed by atoms with Gasteiger partial charge in [0.2, 0.25) is 11.8 Å². The Bertz CT molecular complexity index is 553. The maximum absolute atomic E-state index is 12.1. The van der Waals surface area contributed by atoms with Crippen molar-refractivity contribution in [3.05, 3.63) is 29.8 Å². The fourth-order valence-electron chi connectivity index (χ4n) is 2.56. The predicted octanol–water partition coefficient (Wildman–Crippen LogP) is 4.10. The first-order valence-corrected chi connectivity index (χ1v) is 9.56. The van der Waals surface area contributed by atoms with Crippen LogP contribution in [0.3, 0.4) is 0 Å². The lowest BCUT2D eigenvalue weighted by atomic mass is 10.0. The summed E-state index contributed by atoms with van der Waals surface area (Å²) in [7, 11) is 0. The maximum atomic E-state index is 12.1. The van der Waals surface area contributed by atoms with Crippen LogP contribution in [-0.4, -0.2) is 31.1 Å². The Balaban J connectivity index is 2.25. The van der Waals surface area contributed by atoms with Gasteiger partial charge in [-0.3, -0.25) is 9.59 Å². The molecule has 1 atom stereocenters. The quantitative estimate of drug-likeness (QED) is 0.583. The zero-order valence-electron chi connectivity index (χ0n) is 16.8. The Morgan fingerprint density at radius 1 is 0.962 bits per heavy atom. The number of rotatable bonds is 11. The van der Waals surface area contributed by atoms with Crippen LogP contribution in [0.15, 0.2) is 24.3 Å². The summed E-state index contributed by atoms with van der Waals surface area (Å²) in [6.45, 7) is 11.4. The zero-order valence-corrected chi connectivity index (χ0v) is 16.8. The van der Waals surface area contributed by atoms with Crippen LogP contribution in [0.1, 0.15) is 65.4 Å². The monoisotopic (exact) mass is 362 g/mol. The summed E-state index contributed by atoms with van der Waals surface area (Å²) in [4.78, 5) is 24.0. The van der Waals surface area contributed by atoms with Crippen molar-refractivity contribution in [3.63, 3.8) is 0 Å². The Labute approximate surface area is 157 Å². The van der Waals surface area contributed by atoms with E-state index in [-0.39, 0.29) is 23.8 Å². The van der Waals surface area contributed by atoms with Gasteiger partial charge in [0.1, 0.15) is 0 Å². The molecule has 0 unspecified atom stereocenters. The molecule has 0 fully saturated rings. The number of carbonyl (C=O) groups excluding carboxylic acids is 2. The first-order chi connectivity index (χ1) is 12.3. The fourth-order valence-corrected chi connectivity index (χ4v) is 2.56. The molecule has 5 nitrogen and oxygen atoms in total. The lowest BCUT2D eigenvalue weighted by molar-refractivity contribution is -0.122. The van der Waals surface area contributed by atoms with E-state index in [4.69, 9.17) is 4.74 Å². The van der Waals surface area contributed by atoms with E-state index in [1.54, 1.807) is 0 Å². The molecule has 2 N–H and O–H groups in total. The van der Waals surface area contributed by atoms with Gasteiger partial charge in [-0.2, -0.15) is 0 Å². The van der Waals surface area contributed by atoms with Gasteiger partial charge in [0.25, 0.3) is 0 Å². The molecule has 0 aliphatic rings. The fraction of sp³-hybridized carbons (Fsp3) is 0.619. The minimum atomic E-state index is -0.0621. The molecular weight excluding hydrogens is 328 g/mol. The molecule has 0 bridgehead atoms. The van der Waals surface area contributed by atoms with Crippen molar-refractivity contribution >= 4 is 17.5 Å². The summed E-state index contributed by atoms with van der Waals surface area (Å²) in [5.41, 5.74) is 2.04. The lowest BCUT2D eigenvalue weighted by Gasteiger charge is -2.13. The van der Waals surface area contributed by atoms with Crippen LogP contribution < -0.4 is 10.6 Å². The summed E-state index contributed by atoms with van der Waals surface area (Å²) >= 11 is 0. The number of anilines is 1. The summed E-state index contributed by atoms with van der Waals surface area (Å²) in [5.74, 6) is 0.385. The Hall–Kier alpha value is -1.88. The van der Waals surface area contributed by atoms with E-state index in [9.17, 15) is 9.59 Å². The molecule has 0 saturated carbocycles. The third kappa shape index (κ3) is 9.56. The highest BCUT2D eigenvalue weighted by Gasteiger charge is 2.13. The second kappa shape index (κ2) is 11.7. The van der Waals surface area contributed by atoms with Gasteiger partial charge in [-0.25, -0.2) is 0 Å². The minimum absolute atomic E-state index is 0.00292. The molecule has 0 aromatic heterocycles. The van der Waals surface area contributed by atoms with Crippen LogP contribution in [0.25, 0.3) is 0 Å². The molecule has 0 aliphatic carbocycles. The number of hydrogen-bond acceptors (Lipinski definition) is 3. The van der Waals surface area contributed by atoms with Crippen LogP contribution in [0, 0.1) is 5.92 Å². The second-order valence-corrected chi connectivity index (χ2v) is 7.46. The molecule has 0 aliphatic heterocycles. The van der Waals surface area contributed by atoms with E-state index in [1.807, 2.05) is 45.0 Å². The smallest absolute Gasteiger partial charge is 0.224 e. The third-order valence-corrected chi connectivity index (χ3v) is 4.02. The van der Waals surface area contributed by atoms with Gasteiger partial charge in [0.15, 0.2) is 0 Å². The van der Waals surface area contributed by atoms with E-state index in [2.05, 4.69) is 24.5 Å². The molecule has 2 amide bonds. The molecule has 1 aromatic rings. The van der Waals surface area contributed by atoms with Gasteiger partial charge in [-0.05, 0) is 49.8 Å². The Morgan fingerprint density at radius 3 is 2.15 bits per heavy atom. The van der Waals surface area contributed by atoms with Gasteiger partial charge in [0, 0.05) is 31.7 Å². The van der Waals surface area contributed by atoms with Crippen molar-refractivity contribution < 1.29 is 14.3 Å². The standard InChI is InChI=1S/C21H34N2O3/c1-15(2)18-7-9-19(10-8-18)23-21(25)14-17(5)13-20(24)22-11-6-12-26-16(3)4/h7-10,15-17H,6,11-14H2,1-5H3,(H,22,24)(H,23,25)/t17-/m0/s1. The largest absolute Gasteiger partial charge is 0.379 e. The van der Waals surface area contributed by atoms with Crippen LogP contribution >= 0.6 is 0 Å².